The van der Waals surface area contributed by atoms with E-state index < -0.39 is 0 Å². The van der Waals surface area contributed by atoms with E-state index in [2.05, 4.69) is 10.3 Å². The number of aromatic nitrogens is 1. The Morgan fingerprint density at radius 3 is 2.89 bits per heavy atom. The van der Waals surface area contributed by atoms with Crippen molar-refractivity contribution in [1.29, 1.82) is 0 Å². The van der Waals surface area contributed by atoms with Gasteiger partial charge in [-0.3, -0.25) is 4.79 Å². The second-order valence-electron chi connectivity index (χ2n) is 4.12. The summed E-state index contributed by atoms with van der Waals surface area (Å²) < 4.78 is 5.21. The van der Waals surface area contributed by atoms with Crippen molar-refractivity contribution in [3.63, 3.8) is 0 Å². The number of hydrogen-bond acceptors (Lipinski definition) is 2. The molecule has 4 nitrogen and oxygen atoms in total. The van der Waals surface area contributed by atoms with Crippen LogP contribution in [0.2, 0.25) is 0 Å². The van der Waals surface area contributed by atoms with Gasteiger partial charge in [0.05, 0.1) is 19.2 Å². The van der Waals surface area contributed by atoms with E-state index in [1.165, 1.54) is 0 Å². The number of amides is 1. The molecule has 1 amide bonds. The van der Waals surface area contributed by atoms with Crippen molar-refractivity contribution in [1.82, 2.24) is 4.98 Å². The fourth-order valence-corrected chi connectivity index (χ4v) is 1.76. The zero-order chi connectivity index (χ0) is 13.0. The summed E-state index contributed by atoms with van der Waals surface area (Å²) in [5.41, 5.74) is 2.67. The van der Waals surface area contributed by atoms with Crippen LogP contribution in [0.15, 0.2) is 36.5 Å². The van der Waals surface area contributed by atoms with Gasteiger partial charge in [-0.25, -0.2) is 0 Å². The summed E-state index contributed by atoms with van der Waals surface area (Å²) in [7, 11) is 1.59. The lowest BCUT2D eigenvalue weighted by molar-refractivity contribution is -0.115. The molecule has 1 aromatic carbocycles. The number of hydrogen-bond donors (Lipinski definition) is 2. The minimum absolute atomic E-state index is 0.0682. The lowest BCUT2D eigenvalue weighted by Gasteiger charge is -2.10. The van der Waals surface area contributed by atoms with Gasteiger partial charge in [0.2, 0.25) is 5.91 Å². The van der Waals surface area contributed by atoms with E-state index in [0.29, 0.717) is 17.9 Å². The van der Waals surface area contributed by atoms with Crippen molar-refractivity contribution in [2.45, 2.75) is 13.3 Å². The third-order valence-electron chi connectivity index (χ3n) is 2.64. The van der Waals surface area contributed by atoms with Crippen LogP contribution in [0, 0.1) is 6.92 Å². The summed E-state index contributed by atoms with van der Waals surface area (Å²) in [4.78, 5) is 14.9. The van der Waals surface area contributed by atoms with Gasteiger partial charge >= 0.3 is 0 Å². The van der Waals surface area contributed by atoms with Gasteiger partial charge in [0, 0.05) is 11.9 Å². The Morgan fingerprint density at radius 1 is 1.39 bits per heavy atom. The van der Waals surface area contributed by atoms with Gasteiger partial charge in [-0.2, -0.15) is 0 Å². The molecule has 0 atom stereocenters. The number of ether oxygens (including phenoxy) is 1. The van der Waals surface area contributed by atoms with Gasteiger partial charge in [0.1, 0.15) is 5.75 Å². The molecule has 1 heterocycles. The van der Waals surface area contributed by atoms with E-state index in [-0.39, 0.29) is 5.91 Å². The molecule has 2 rings (SSSR count). The first-order chi connectivity index (χ1) is 8.69. The van der Waals surface area contributed by atoms with Crippen LogP contribution in [0.4, 0.5) is 5.69 Å². The Labute approximate surface area is 106 Å². The van der Waals surface area contributed by atoms with Gasteiger partial charge in [-0.15, -0.1) is 0 Å². The molecule has 0 saturated heterocycles. The van der Waals surface area contributed by atoms with Crippen LogP contribution >= 0.6 is 0 Å². The SMILES string of the molecule is COc1ccc(C)cc1NC(=O)Cc1ccc[nH]1. The fraction of sp³-hybridized carbons (Fsp3) is 0.214. The van der Waals surface area contributed by atoms with E-state index in [4.69, 9.17) is 4.74 Å². The van der Waals surface area contributed by atoms with Crippen molar-refractivity contribution < 1.29 is 9.53 Å². The van der Waals surface area contributed by atoms with Gasteiger partial charge < -0.3 is 15.0 Å². The first-order valence-corrected chi connectivity index (χ1v) is 5.76. The molecule has 0 radical (unpaired) electrons. The lowest BCUT2D eigenvalue weighted by Crippen LogP contribution is -2.15. The second kappa shape index (κ2) is 5.40. The minimum Gasteiger partial charge on any atom is -0.495 e. The van der Waals surface area contributed by atoms with Crippen LogP contribution in [0.5, 0.6) is 5.75 Å². The molecule has 0 aliphatic carbocycles. The lowest BCUT2D eigenvalue weighted by atomic mass is 10.2. The topological polar surface area (TPSA) is 54.1 Å². The molecule has 2 aromatic rings. The molecule has 0 saturated carbocycles. The summed E-state index contributed by atoms with van der Waals surface area (Å²) in [6.45, 7) is 1.97. The van der Waals surface area contributed by atoms with Crippen molar-refractivity contribution in [2.24, 2.45) is 0 Å². The number of anilines is 1. The summed E-state index contributed by atoms with van der Waals surface area (Å²) >= 11 is 0. The number of benzene rings is 1. The summed E-state index contributed by atoms with van der Waals surface area (Å²) in [5.74, 6) is 0.599. The number of rotatable bonds is 4. The number of aromatic amines is 1. The van der Waals surface area contributed by atoms with E-state index in [1.54, 1.807) is 13.3 Å². The maximum atomic E-state index is 11.9. The van der Waals surface area contributed by atoms with Crippen molar-refractivity contribution in [3.8, 4) is 5.75 Å². The molecule has 94 valence electrons. The highest BCUT2D eigenvalue weighted by atomic mass is 16.5. The predicted molar refractivity (Wildman–Crippen MR) is 70.9 cm³/mol. The van der Waals surface area contributed by atoms with E-state index in [1.807, 2.05) is 37.3 Å². The van der Waals surface area contributed by atoms with Crippen LogP contribution in [0.1, 0.15) is 11.3 Å². The maximum Gasteiger partial charge on any atom is 0.230 e. The van der Waals surface area contributed by atoms with Crippen LogP contribution in [0.3, 0.4) is 0 Å². The molecule has 0 aliphatic heterocycles. The first kappa shape index (κ1) is 12.2. The number of carbonyl (C=O) groups is 1. The van der Waals surface area contributed by atoms with Gasteiger partial charge in [0.15, 0.2) is 0 Å². The number of methoxy groups -OCH3 is 1. The van der Waals surface area contributed by atoms with E-state index in [0.717, 1.165) is 11.3 Å². The van der Waals surface area contributed by atoms with Crippen LogP contribution in [0.25, 0.3) is 0 Å². The zero-order valence-corrected chi connectivity index (χ0v) is 10.5. The molecule has 4 heteroatoms. The molecular formula is C14H16N2O2. The third-order valence-corrected chi connectivity index (χ3v) is 2.64. The number of H-pyrrole nitrogens is 1. The van der Waals surface area contributed by atoms with Gasteiger partial charge in [-0.05, 0) is 36.8 Å². The zero-order valence-electron chi connectivity index (χ0n) is 10.5. The largest absolute Gasteiger partial charge is 0.495 e. The van der Waals surface area contributed by atoms with Crippen LogP contribution < -0.4 is 10.1 Å². The Kier molecular flexibility index (Phi) is 3.67. The minimum atomic E-state index is -0.0682. The van der Waals surface area contributed by atoms with E-state index in [9.17, 15) is 4.79 Å². The highest BCUT2D eigenvalue weighted by Crippen LogP contribution is 2.25. The molecule has 2 N–H and O–H groups in total. The van der Waals surface area contributed by atoms with Crippen molar-refractivity contribution in [2.75, 3.05) is 12.4 Å². The van der Waals surface area contributed by atoms with Crippen molar-refractivity contribution in [3.05, 3.63) is 47.8 Å². The molecule has 0 fully saturated rings. The molecule has 0 aliphatic rings. The van der Waals surface area contributed by atoms with Crippen molar-refractivity contribution >= 4 is 11.6 Å². The van der Waals surface area contributed by atoms with Crippen LogP contribution in [-0.4, -0.2) is 18.0 Å². The molecule has 18 heavy (non-hydrogen) atoms. The summed E-state index contributed by atoms with van der Waals surface area (Å²) in [6, 6.07) is 9.44. The highest BCUT2D eigenvalue weighted by molar-refractivity contribution is 5.93. The van der Waals surface area contributed by atoms with E-state index >= 15 is 0 Å². The van der Waals surface area contributed by atoms with Crippen LogP contribution in [-0.2, 0) is 11.2 Å². The molecular weight excluding hydrogens is 228 g/mol. The Balaban J connectivity index is 2.08. The summed E-state index contributed by atoms with van der Waals surface area (Å²) in [6.07, 6.45) is 2.12. The predicted octanol–water partition coefficient (Wildman–Crippen LogP) is 2.51. The average Bonchev–Trinajstić information content (AvgIpc) is 2.82. The Morgan fingerprint density at radius 2 is 2.22 bits per heavy atom. The molecule has 0 spiro atoms. The Hall–Kier alpha value is -2.23. The second-order valence-corrected chi connectivity index (χ2v) is 4.12. The normalized spacial score (nSPS) is 10.1. The molecule has 1 aromatic heterocycles. The van der Waals surface area contributed by atoms with Gasteiger partial charge in [0.25, 0.3) is 0 Å². The highest BCUT2D eigenvalue weighted by Gasteiger charge is 2.08. The average molecular weight is 244 g/mol. The molecule has 0 unspecified atom stereocenters. The smallest absolute Gasteiger partial charge is 0.230 e. The number of aryl methyl sites for hydroxylation is 1. The fourth-order valence-electron chi connectivity index (χ4n) is 1.76. The quantitative estimate of drug-likeness (QED) is 0.868. The number of nitrogens with one attached hydrogen (secondary N) is 2. The Bertz CT molecular complexity index is 533. The summed E-state index contributed by atoms with van der Waals surface area (Å²) in [5, 5.41) is 2.86. The van der Waals surface area contributed by atoms with Gasteiger partial charge in [-0.1, -0.05) is 6.07 Å². The third kappa shape index (κ3) is 2.91. The molecule has 0 bridgehead atoms. The maximum absolute atomic E-state index is 11.9. The first-order valence-electron chi connectivity index (χ1n) is 5.76. The number of carbonyl (C=O) groups excluding carboxylic acids is 1. The standard InChI is InChI=1S/C14H16N2O2/c1-10-5-6-13(18-2)12(8-10)16-14(17)9-11-4-3-7-15-11/h3-8,15H,9H2,1-2H3,(H,16,17). The monoisotopic (exact) mass is 244 g/mol.